The maximum Gasteiger partial charge on any atom is 0.374 e. The molecule has 1 saturated heterocycles. The molecule has 1 unspecified atom stereocenters. The highest BCUT2D eigenvalue weighted by atomic mass is 16.7. The fourth-order valence-electron chi connectivity index (χ4n) is 4.03. The van der Waals surface area contributed by atoms with Crippen LogP contribution in [0.3, 0.4) is 0 Å². The van der Waals surface area contributed by atoms with E-state index in [0.717, 1.165) is 16.8 Å². The number of benzene rings is 1. The highest BCUT2D eigenvalue weighted by molar-refractivity contribution is 6.01. The first kappa shape index (κ1) is 25.7. The molecule has 7 heteroatoms. The lowest BCUT2D eigenvalue weighted by Crippen LogP contribution is -2.49. The van der Waals surface area contributed by atoms with Gasteiger partial charge in [-0.25, -0.2) is 4.79 Å². The van der Waals surface area contributed by atoms with Gasteiger partial charge in [0.1, 0.15) is 5.75 Å². The Bertz CT molecular complexity index is 969. The molecule has 1 aromatic heterocycles. The molecule has 1 atom stereocenters. The average molecular weight is 468 g/mol. The van der Waals surface area contributed by atoms with E-state index >= 15 is 0 Å². The highest BCUT2D eigenvalue weighted by Crippen LogP contribution is 2.40. The fraction of sp³-hybridized carbons (Fsp3) is 0.519. The molecule has 1 aliphatic rings. The lowest BCUT2D eigenvalue weighted by atomic mass is 9.79. The molecule has 0 N–H and O–H groups in total. The molecule has 1 aliphatic heterocycles. The summed E-state index contributed by atoms with van der Waals surface area (Å²) in [7, 11) is 0. The number of nitrogens with zero attached hydrogens (tertiary/aromatic N) is 3. The molecule has 1 fully saturated rings. The number of hydrogen-bond donors (Lipinski definition) is 0. The normalized spacial score (nSPS) is 16.1. The number of pyridine rings is 1. The zero-order valence-electron chi connectivity index (χ0n) is 21.4. The molecule has 3 rings (SSSR count). The minimum atomic E-state index is -1.33. The van der Waals surface area contributed by atoms with Crippen LogP contribution in [0.1, 0.15) is 59.6 Å². The molecular weight excluding hydrogens is 430 g/mol. The Hall–Kier alpha value is -2.93. The number of hydroxylamine groups is 2. The summed E-state index contributed by atoms with van der Waals surface area (Å²) >= 11 is 0. The van der Waals surface area contributed by atoms with Crippen LogP contribution in [0.5, 0.6) is 5.75 Å². The first-order chi connectivity index (χ1) is 15.9. The Morgan fingerprint density at radius 2 is 1.41 bits per heavy atom. The molecule has 1 aromatic carbocycles. The standard InChI is InChI=1S/C27H37N3O4/c1-19(31)23(33-24-21(26(2,3)4)9-8-10-22(24)27(5,6)7)25(32)34-30-17-15-29(16-18-30)20-11-13-28-14-12-20/h8-14,23H,15-18H2,1-7H3. The number of Topliss-reactive ketones (excluding diaryl/α,β-unsaturated/α-hetero) is 1. The van der Waals surface area contributed by atoms with E-state index in [2.05, 4.69) is 51.4 Å². The molecule has 0 aliphatic carbocycles. The molecule has 0 spiro atoms. The maximum atomic E-state index is 13.1. The molecule has 34 heavy (non-hydrogen) atoms. The quantitative estimate of drug-likeness (QED) is 0.587. The Kier molecular flexibility index (Phi) is 7.66. The van der Waals surface area contributed by atoms with Gasteiger partial charge in [-0.1, -0.05) is 59.7 Å². The molecule has 0 amide bonds. The van der Waals surface area contributed by atoms with Crippen molar-refractivity contribution in [3.8, 4) is 5.75 Å². The minimum Gasteiger partial charge on any atom is -0.470 e. The monoisotopic (exact) mass is 467 g/mol. The van der Waals surface area contributed by atoms with E-state index in [1.165, 1.54) is 6.92 Å². The number of aromatic nitrogens is 1. The van der Waals surface area contributed by atoms with Crippen molar-refractivity contribution in [3.05, 3.63) is 53.9 Å². The predicted octanol–water partition coefficient (Wildman–Crippen LogP) is 4.29. The van der Waals surface area contributed by atoms with Crippen LogP contribution in [-0.2, 0) is 25.3 Å². The molecule has 0 radical (unpaired) electrons. The molecule has 184 valence electrons. The average Bonchev–Trinajstić information content (AvgIpc) is 2.76. The second kappa shape index (κ2) is 10.1. The van der Waals surface area contributed by atoms with E-state index in [1.54, 1.807) is 17.5 Å². The second-order valence-electron chi connectivity index (χ2n) is 10.8. The largest absolute Gasteiger partial charge is 0.470 e. The first-order valence-electron chi connectivity index (χ1n) is 11.8. The summed E-state index contributed by atoms with van der Waals surface area (Å²) in [5.74, 6) is -0.486. The van der Waals surface area contributed by atoms with Crippen molar-refractivity contribution in [3.63, 3.8) is 0 Å². The van der Waals surface area contributed by atoms with E-state index < -0.39 is 12.1 Å². The number of ketones is 1. The Balaban J connectivity index is 1.76. The number of piperazine rings is 1. The van der Waals surface area contributed by atoms with Gasteiger partial charge in [0, 0.05) is 31.2 Å². The number of ether oxygens (including phenoxy) is 1. The maximum absolute atomic E-state index is 13.1. The summed E-state index contributed by atoms with van der Waals surface area (Å²) in [6, 6.07) is 9.90. The van der Waals surface area contributed by atoms with Gasteiger partial charge in [-0.3, -0.25) is 9.78 Å². The van der Waals surface area contributed by atoms with E-state index in [4.69, 9.17) is 9.57 Å². The smallest absolute Gasteiger partial charge is 0.374 e. The van der Waals surface area contributed by atoms with Crippen LogP contribution >= 0.6 is 0 Å². The van der Waals surface area contributed by atoms with Gasteiger partial charge in [0.25, 0.3) is 6.10 Å². The van der Waals surface area contributed by atoms with Crippen LogP contribution < -0.4 is 9.64 Å². The number of rotatable bonds is 6. The molecule has 0 saturated carbocycles. The van der Waals surface area contributed by atoms with Crippen LogP contribution in [0.25, 0.3) is 0 Å². The summed E-state index contributed by atoms with van der Waals surface area (Å²) in [6.07, 6.45) is 2.19. The SMILES string of the molecule is CC(=O)C(Oc1c(C(C)(C)C)cccc1C(C)(C)C)C(=O)ON1CCN(c2ccncc2)CC1. The Morgan fingerprint density at radius 1 is 0.882 bits per heavy atom. The van der Waals surface area contributed by atoms with Crippen molar-refractivity contribution in [1.29, 1.82) is 0 Å². The minimum absolute atomic E-state index is 0.231. The van der Waals surface area contributed by atoms with Gasteiger partial charge in [0.15, 0.2) is 5.78 Å². The van der Waals surface area contributed by atoms with Crippen molar-refractivity contribution in [2.24, 2.45) is 0 Å². The van der Waals surface area contributed by atoms with Crippen LogP contribution in [0, 0.1) is 0 Å². The lowest BCUT2D eigenvalue weighted by molar-refractivity contribution is -0.199. The third-order valence-electron chi connectivity index (χ3n) is 5.94. The topological polar surface area (TPSA) is 72.0 Å². The first-order valence-corrected chi connectivity index (χ1v) is 11.8. The third-order valence-corrected chi connectivity index (χ3v) is 5.94. The van der Waals surface area contributed by atoms with E-state index in [1.807, 2.05) is 30.3 Å². The molecule has 7 nitrogen and oxygen atoms in total. The van der Waals surface area contributed by atoms with Gasteiger partial charge < -0.3 is 14.5 Å². The van der Waals surface area contributed by atoms with Crippen molar-refractivity contribution < 1.29 is 19.2 Å². The molecule has 2 heterocycles. The number of carbonyl (C=O) groups excluding carboxylic acids is 2. The zero-order chi connectivity index (χ0) is 25.1. The van der Waals surface area contributed by atoms with Gasteiger partial charge in [-0.15, -0.1) is 5.06 Å². The Morgan fingerprint density at radius 3 is 1.88 bits per heavy atom. The highest BCUT2D eigenvalue weighted by Gasteiger charge is 2.35. The summed E-state index contributed by atoms with van der Waals surface area (Å²) in [6.45, 7) is 16.4. The number of hydrogen-bond acceptors (Lipinski definition) is 7. The number of carbonyl (C=O) groups is 2. The van der Waals surface area contributed by atoms with Crippen molar-refractivity contribution in [1.82, 2.24) is 10.0 Å². The molecule has 0 bridgehead atoms. The van der Waals surface area contributed by atoms with Crippen molar-refractivity contribution in [2.75, 3.05) is 31.1 Å². The molecule has 2 aromatic rings. The predicted molar refractivity (Wildman–Crippen MR) is 133 cm³/mol. The van der Waals surface area contributed by atoms with Crippen molar-refractivity contribution >= 4 is 17.4 Å². The van der Waals surface area contributed by atoms with Gasteiger partial charge in [-0.2, -0.15) is 0 Å². The second-order valence-corrected chi connectivity index (χ2v) is 10.8. The number of para-hydroxylation sites is 1. The lowest BCUT2D eigenvalue weighted by Gasteiger charge is -2.35. The van der Waals surface area contributed by atoms with E-state index in [-0.39, 0.29) is 16.6 Å². The summed E-state index contributed by atoms with van der Waals surface area (Å²) in [5, 5.41) is 1.61. The van der Waals surface area contributed by atoms with Crippen LogP contribution in [0.2, 0.25) is 0 Å². The van der Waals surface area contributed by atoms with E-state index in [9.17, 15) is 9.59 Å². The van der Waals surface area contributed by atoms with Gasteiger partial charge in [-0.05, 0) is 41.0 Å². The fourth-order valence-corrected chi connectivity index (χ4v) is 4.03. The van der Waals surface area contributed by atoms with Crippen molar-refractivity contribution in [2.45, 2.75) is 65.4 Å². The summed E-state index contributed by atoms with van der Waals surface area (Å²) in [5.41, 5.74) is 2.52. The van der Waals surface area contributed by atoms with E-state index in [0.29, 0.717) is 31.9 Å². The molecular formula is C27H37N3O4. The Labute approximate surface area is 203 Å². The van der Waals surface area contributed by atoms with Gasteiger partial charge >= 0.3 is 5.97 Å². The summed E-state index contributed by atoms with van der Waals surface area (Å²) in [4.78, 5) is 37.5. The van der Waals surface area contributed by atoms with Gasteiger partial charge in [0.2, 0.25) is 0 Å². The van der Waals surface area contributed by atoms with Gasteiger partial charge in [0.05, 0.1) is 13.1 Å². The number of anilines is 1. The van der Waals surface area contributed by atoms with Crippen LogP contribution in [0.15, 0.2) is 42.7 Å². The zero-order valence-corrected chi connectivity index (χ0v) is 21.4. The van der Waals surface area contributed by atoms with Crippen LogP contribution in [0.4, 0.5) is 5.69 Å². The van der Waals surface area contributed by atoms with Crippen LogP contribution in [-0.4, -0.2) is 54.1 Å². The summed E-state index contributed by atoms with van der Waals surface area (Å²) < 4.78 is 6.22. The third kappa shape index (κ3) is 6.14.